The van der Waals surface area contributed by atoms with E-state index >= 15 is 0 Å². The molecule has 1 aromatic carbocycles. The standard InChI is InChI=1S/C16H21NO3/c1-4-10-20-16(19)14(11-12(2)3)17-15(18)13-8-6-5-7-9-13/h5-9,11-12H,4,10H2,1-3H3,(H,17,18)/b14-11-. The van der Waals surface area contributed by atoms with Gasteiger partial charge in [-0.1, -0.05) is 45.0 Å². The average molecular weight is 275 g/mol. The van der Waals surface area contributed by atoms with Crippen molar-refractivity contribution in [3.63, 3.8) is 0 Å². The molecule has 1 amide bonds. The van der Waals surface area contributed by atoms with Crippen molar-refractivity contribution in [2.45, 2.75) is 27.2 Å². The summed E-state index contributed by atoms with van der Waals surface area (Å²) in [5.41, 5.74) is 0.702. The van der Waals surface area contributed by atoms with Crippen LogP contribution in [0, 0.1) is 5.92 Å². The van der Waals surface area contributed by atoms with Crippen LogP contribution in [0.15, 0.2) is 42.1 Å². The highest BCUT2D eigenvalue weighted by Crippen LogP contribution is 2.05. The zero-order valence-electron chi connectivity index (χ0n) is 12.2. The van der Waals surface area contributed by atoms with E-state index in [1.807, 2.05) is 26.8 Å². The molecule has 4 heteroatoms. The van der Waals surface area contributed by atoms with Gasteiger partial charge in [-0.2, -0.15) is 0 Å². The molecule has 108 valence electrons. The minimum absolute atomic E-state index is 0.134. The summed E-state index contributed by atoms with van der Waals surface area (Å²) in [6.07, 6.45) is 2.44. The molecule has 0 heterocycles. The van der Waals surface area contributed by atoms with Gasteiger partial charge in [0, 0.05) is 5.56 Å². The Bertz CT molecular complexity index is 478. The Morgan fingerprint density at radius 1 is 1.25 bits per heavy atom. The normalized spacial score (nSPS) is 11.3. The molecule has 0 aromatic heterocycles. The third kappa shape index (κ3) is 5.26. The van der Waals surface area contributed by atoms with Gasteiger partial charge in [-0.25, -0.2) is 4.79 Å². The molecule has 1 rings (SSSR count). The first-order chi connectivity index (χ1) is 9.54. The fraction of sp³-hybridized carbons (Fsp3) is 0.375. The summed E-state index contributed by atoms with van der Waals surface area (Å²) in [7, 11) is 0. The first-order valence-electron chi connectivity index (χ1n) is 6.80. The molecule has 0 aliphatic heterocycles. The number of rotatable bonds is 6. The fourth-order valence-corrected chi connectivity index (χ4v) is 1.55. The van der Waals surface area contributed by atoms with Gasteiger partial charge in [-0.15, -0.1) is 0 Å². The Balaban J connectivity index is 2.80. The first-order valence-corrected chi connectivity index (χ1v) is 6.80. The molecule has 1 N–H and O–H groups in total. The molecule has 0 radical (unpaired) electrons. The van der Waals surface area contributed by atoms with Crippen LogP contribution in [-0.4, -0.2) is 18.5 Å². The molecular weight excluding hydrogens is 254 g/mol. The van der Waals surface area contributed by atoms with E-state index in [0.29, 0.717) is 12.2 Å². The summed E-state index contributed by atoms with van der Waals surface area (Å²) >= 11 is 0. The van der Waals surface area contributed by atoms with Gasteiger partial charge in [0.25, 0.3) is 5.91 Å². The predicted molar refractivity (Wildman–Crippen MR) is 78.1 cm³/mol. The van der Waals surface area contributed by atoms with E-state index in [0.717, 1.165) is 6.42 Å². The quantitative estimate of drug-likeness (QED) is 0.641. The minimum Gasteiger partial charge on any atom is -0.461 e. The second-order valence-corrected chi connectivity index (χ2v) is 4.78. The monoisotopic (exact) mass is 275 g/mol. The lowest BCUT2D eigenvalue weighted by molar-refractivity contribution is -0.139. The zero-order chi connectivity index (χ0) is 15.0. The fourth-order valence-electron chi connectivity index (χ4n) is 1.55. The SMILES string of the molecule is CCCOC(=O)/C(=C/C(C)C)NC(=O)c1ccccc1. The smallest absolute Gasteiger partial charge is 0.354 e. The number of amides is 1. The van der Waals surface area contributed by atoms with Gasteiger partial charge in [0.2, 0.25) is 0 Å². The number of carbonyl (C=O) groups excluding carboxylic acids is 2. The Morgan fingerprint density at radius 2 is 1.90 bits per heavy atom. The molecule has 0 saturated heterocycles. The maximum absolute atomic E-state index is 12.1. The van der Waals surface area contributed by atoms with E-state index < -0.39 is 5.97 Å². The third-order valence-electron chi connectivity index (χ3n) is 2.44. The third-order valence-corrected chi connectivity index (χ3v) is 2.44. The van der Waals surface area contributed by atoms with Crippen LogP contribution in [-0.2, 0) is 9.53 Å². The van der Waals surface area contributed by atoms with E-state index in [-0.39, 0.29) is 17.5 Å². The molecule has 0 fully saturated rings. The largest absolute Gasteiger partial charge is 0.461 e. The van der Waals surface area contributed by atoms with Crippen LogP contribution in [0.5, 0.6) is 0 Å². The van der Waals surface area contributed by atoms with Crippen molar-refractivity contribution in [2.24, 2.45) is 5.92 Å². The van der Waals surface area contributed by atoms with Crippen molar-refractivity contribution in [1.29, 1.82) is 0 Å². The van der Waals surface area contributed by atoms with Crippen molar-refractivity contribution in [1.82, 2.24) is 5.32 Å². The Hall–Kier alpha value is -2.10. The van der Waals surface area contributed by atoms with Crippen LogP contribution in [0.2, 0.25) is 0 Å². The first kappa shape index (κ1) is 16.0. The van der Waals surface area contributed by atoms with Gasteiger partial charge in [-0.05, 0) is 24.5 Å². The number of nitrogens with one attached hydrogen (secondary N) is 1. The van der Waals surface area contributed by atoms with E-state index in [2.05, 4.69) is 5.32 Å². The summed E-state index contributed by atoms with van der Waals surface area (Å²) in [4.78, 5) is 24.0. The molecular formula is C16H21NO3. The van der Waals surface area contributed by atoms with Crippen LogP contribution in [0.4, 0.5) is 0 Å². The number of allylic oxidation sites excluding steroid dienone is 1. The number of hydrogen-bond donors (Lipinski definition) is 1. The zero-order valence-corrected chi connectivity index (χ0v) is 12.2. The lowest BCUT2D eigenvalue weighted by atomic mass is 10.1. The van der Waals surface area contributed by atoms with E-state index in [4.69, 9.17) is 4.74 Å². The number of ether oxygens (including phenoxy) is 1. The maximum atomic E-state index is 12.1. The summed E-state index contributed by atoms with van der Waals surface area (Å²) < 4.78 is 5.07. The summed E-state index contributed by atoms with van der Waals surface area (Å²) in [5, 5.41) is 2.62. The van der Waals surface area contributed by atoms with Gasteiger partial charge in [-0.3, -0.25) is 4.79 Å². The molecule has 0 aliphatic carbocycles. The van der Waals surface area contributed by atoms with Crippen LogP contribution in [0.25, 0.3) is 0 Å². The van der Waals surface area contributed by atoms with Gasteiger partial charge >= 0.3 is 5.97 Å². The van der Waals surface area contributed by atoms with Gasteiger partial charge < -0.3 is 10.1 Å². The van der Waals surface area contributed by atoms with Gasteiger partial charge in [0.05, 0.1) is 6.61 Å². The van der Waals surface area contributed by atoms with Crippen LogP contribution in [0.1, 0.15) is 37.6 Å². The van der Waals surface area contributed by atoms with Gasteiger partial charge in [0.1, 0.15) is 5.70 Å². The van der Waals surface area contributed by atoms with Crippen molar-refractivity contribution in [2.75, 3.05) is 6.61 Å². The van der Waals surface area contributed by atoms with Crippen LogP contribution >= 0.6 is 0 Å². The molecule has 20 heavy (non-hydrogen) atoms. The predicted octanol–water partition coefficient (Wildman–Crippen LogP) is 2.91. The minimum atomic E-state index is -0.496. The average Bonchev–Trinajstić information content (AvgIpc) is 2.44. The Labute approximate surface area is 119 Å². The number of carbonyl (C=O) groups is 2. The molecule has 4 nitrogen and oxygen atoms in total. The van der Waals surface area contributed by atoms with E-state index in [1.54, 1.807) is 30.3 Å². The van der Waals surface area contributed by atoms with Crippen molar-refractivity contribution >= 4 is 11.9 Å². The number of esters is 1. The summed E-state index contributed by atoms with van der Waals surface area (Å²) in [6, 6.07) is 8.77. The highest BCUT2D eigenvalue weighted by atomic mass is 16.5. The topological polar surface area (TPSA) is 55.4 Å². The molecule has 0 saturated carbocycles. The lowest BCUT2D eigenvalue weighted by Gasteiger charge is -2.11. The number of benzene rings is 1. The molecule has 0 spiro atoms. The second-order valence-electron chi connectivity index (χ2n) is 4.78. The summed E-state index contributed by atoms with van der Waals surface area (Å²) in [6.45, 7) is 6.13. The van der Waals surface area contributed by atoms with Gasteiger partial charge in [0.15, 0.2) is 0 Å². The molecule has 1 aromatic rings. The number of hydrogen-bond acceptors (Lipinski definition) is 3. The second kappa shape index (κ2) is 8.15. The molecule has 0 atom stereocenters. The summed E-state index contributed by atoms with van der Waals surface area (Å²) in [5.74, 6) is -0.675. The van der Waals surface area contributed by atoms with E-state index in [1.165, 1.54) is 0 Å². The van der Waals surface area contributed by atoms with Crippen molar-refractivity contribution in [3.05, 3.63) is 47.7 Å². The Morgan fingerprint density at radius 3 is 2.45 bits per heavy atom. The maximum Gasteiger partial charge on any atom is 0.354 e. The van der Waals surface area contributed by atoms with E-state index in [9.17, 15) is 9.59 Å². The van der Waals surface area contributed by atoms with Crippen molar-refractivity contribution < 1.29 is 14.3 Å². The van der Waals surface area contributed by atoms with Crippen LogP contribution < -0.4 is 5.32 Å². The molecule has 0 aliphatic rings. The van der Waals surface area contributed by atoms with Crippen LogP contribution in [0.3, 0.4) is 0 Å². The Kier molecular flexibility index (Phi) is 6.50. The molecule has 0 unspecified atom stereocenters. The van der Waals surface area contributed by atoms with Crippen molar-refractivity contribution in [3.8, 4) is 0 Å². The highest BCUT2D eigenvalue weighted by molar-refractivity contribution is 6.01. The highest BCUT2D eigenvalue weighted by Gasteiger charge is 2.15. The molecule has 0 bridgehead atoms. The lowest BCUT2D eigenvalue weighted by Crippen LogP contribution is -2.29.